The second-order valence-electron chi connectivity index (χ2n) is 7.21. The van der Waals surface area contributed by atoms with Gasteiger partial charge in [0.1, 0.15) is 0 Å². The molecule has 2 heteroatoms. The maximum Gasteiger partial charge on any atom is 0.0220 e. The predicted octanol–water partition coefficient (Wildman–Crippen LogP) is 3.62. The summed E-state index contributed by atoms with van der Waals surface area (Å²) in [5.41, 5.74) is 0. The van der Waals surface area contributed by atoms with Gasteiger partial charge in [0.05, 0.1) is 0 Å². The van der Waals surface area contributed by atoms with Crippen molar-refractivity contribution >= 4 is 0 Å². The first-order chi connectivity index (χ1) is 8.95. The summed E-state index contributed by atoms with van der Waals surface area (Å²) in [6.45, 7) is 19.2. The quantitative estimate of drug-likeness (QED) is 0.791. The van der Waals surface area contributed by atoms with Crippen LogP contribution in [0.25, 0.3) is 0 Å². The molecule has 0 spiro atoms. The van der Waals surface area contributed by atoms with Crippen LogP contribution in [0.4, 0.5) is 0 Å². The third-order valence-electron chi connectivity index (χ3n) is 5.03. The third-order valence-corrected chi connectivity index (χ3v) is 5.03. The second kappa shape index (κ2) is 8.26. The van der Waals surface area contributed by atoms with E-state index in [0.717, 1.165) is 23.7 Å². The van der Waals surface area contributed by atoms with E-state index in [1.54, 1.807) is 0 Å². The number of nitrogens with one attached hydrogen (secondary N) is 1. The van der Waals surface area contributed by atoms with E-state index in [9.17, 15) is 0 Å². The van der Waals surface area contributed by atoms with Gasteiger partial charge < -0.3 is 10.2 Å². The van der Waals surface area contributed by atoms with Crippen molar-refractivity contribution < 1.29 is 0 Å². The maximum atomic E-state index is 3.75. The van der Waals surface area contributed by atoms with Crippen LogP contribution in [0.3, 0.4) is 0 Å². The highest BCUT2D eigenvalue weighted by atomic mass is 15.2. The van der Waals surface area contributed by atoms with E-state index in [1.807, 2.05) is 0 Å². The van der Waals surface area contributed by atoms with Crippen molar-refractivity contribution in [3.63, 3.8) is 0 Å². The van der Waals surface area contributed by atoms with E-state index in [-0.39, 0.29) is 0 Å². The van der Waals surface area contributed by atoms with Gasteiger partial charge in [-0.2, -0.15) is 0 Å². The lowest BCUT2D eigenvalue weighted by Gasteiger charge is -2.34. The average Bonchev–Trinajstić information content (AvgIpc) is 2.59. The zero-order valence-electron chi connectivity index (χ0n) is 14.1. The maximum absolute atomic E-state index is 3.75. The Morgan fingerprint density at radius 1 is 1.11 bits per heavy atom. The minimum atomic E-state index is 0.687. The molecule has 2 atom stereocenters. The molecule has 1 heterocycles. The summed E-state index contributed by atoms with van der Waals surface area (Å²) in [6.07, 6.45) is 2.58. The Balaban J connectivity index is 2.59. The van der Waals surface area contributed by atoms with E-state index in [0.29, 0.717) is 6.04 Å². The number of nitrogens with zero attached hydrogens (tertiary/aromatic N) is 1. The van der Waals surface area contributed by atoms with Crippen LogP contribution in [-0.4, -0.2) is 37.1 Å². The Morgan fingerprint density at radius 2 is 1.74 bits per heavy atom. The molecule has 0 amide bonds. The zero-order valence-corrected chi connectivity index (χ0v) is 14.1. The van der Waals surface area contributed by atoms with Crippen LogP contribution in [0.1, 0.15) is 54.4 Å². The lowest BCUT2D eigenvalue weighted by atomic mass is 9.85. The molecule has 0 saturated carbocycles. The summed E-state index contributed by atoms with van der Waals surface area (Å²) >= 11 is 0. The number of hydrogen-bond donors (Lipinski definition) is 1. The largest absolute Gasteiger partial charge is 0.312 e. The Hall–Kier alpha value is -0.0800. The molecule has 1 aliphatic rings. The molecule has 2 nitrogen and oxygen atoms in total. The zero-order chi connectivity index (χ0) is 14.4. The molecule has 2 unspecified atom stereocenters. The van der Waals surface area contributed by atoms with Crippen molar-refractivity contribution in [2.45, 2.75) is 60.4 Å². The van der Waals surface area contributed by atoms with Crippen molar-refractivity contribution in [2.24, 2.45) is 23.7 Å². The average molecular weight is 268 g/mol. The van der Waals surface area contributed by atoms with E-state index < -0.39 is 0 Å². The fourth-order valence-electron chi connectivity index (χ4n) is 3.35. The molecule has 0 radical (unpaired) electrons. The molecule has 0 aliphatic carbocycles. The van der Waals surface area contributed by atoms with Crippen LogP contribution < -0.4 is 5.32 Å². The monoisotopic (exact) mass is 268 g/mol. The first-order valence-corrected chi connectivity index (χ1v) is 8.41. The normalized spacial score (nSPS) is 24.2. The van der Waals surface area contributed by atoms with Crippen molar-refractivity contribution in [3.05, 3.63) is 0 Å². The summed E-state index contributed by atoms with van der Waals surface area (Å²) in [4.78, 5) is 2.72. The van der Waals surface area contributed by atoms with Gasteiger partial charge in [-0.3, -0.25) is 0 Å². The number of hydrogen-bond acceptors (Lipinski definition) is 2. The first-order valence-electron chi connectivity index (χ1n) is 8.41. The van der Waals surface area contributed by atoms with Gasteiger partial charge in [-0.25, -0.2) is 0 Å². The highest BCUT2D eigenvalue weighted by Gasteiger charge is 2.25. The van der Waals surface area contributed by atoms with Gasteiger partial charge in [0.25, 0.3) is 0 Å². The molecule has 1 aliphatic heterocycles. The van der Waals surface area contributed by atoms with Crippen LogP contribution in [-0.2, 0) is 0 Å². The molecule has 1 N–H and O–H groups in total. The van der Waals surface area contributed by atoms with Gasteiger partial charge in [0.2, 0.25) is 0 Å². The van der Waals surface area contributed by atoms with Crippen LogP contribution in [0.5, 0.6) is 0 Å². The fraction of sp³-hybridized carbons (Fsp3) is 1.00. The minimum Gasteiger partial charge on any atom is -0.312 e. The number of rotatable bonds is 6. The second-order valence-corrected chi connectivity index (χ2v) is 7.21. The standard InChI is InChI=1S/C17H36N2/c1-7-15(6)17-12-19(10-8-9-18-17)11-16(13(2)3)14(4)5/h13-18H,7-12H2,1-6H3. The van der Waals surface area contributed by atoms with Crippen molar-refractivity contribution in [2.75, 3.05) is 26.2 Å². The Morgan fingerprint density at radius 3 is 2.26 bits per heavy atom. The topological polar surface area (TPSA) is 15.3 Å². The smallest absolute Gasteiger partial charge is 0.0220 e. The molecular formula is C17H36N2. The molecule has 114 valence electrons. The SMILES string of the molecule is CCC(C)C1CN(CC(C(C)C)C(C)C)CCCN1. The molecule has 1 saturated heterocycles. The molecule has 1 fully saturated rings. The highest BCUT2D eigenvalue weighted by Crippen LogP contribution is 2.23. The van der Waals surface area contributed by atoms with Gasteiger partial charge in [0, 0.05) is 19.1 Å². The van der Waals surface area contributed by atoms with Crippen molar-refractivity contribution in [3.8, 4) is 0 Å². The molecule has 0 bridgehead atoms. The molecule has 0 aromatic heterocycles. The molecule has 19 heavy (non-hydrogen) atoms. The molecule has 0 aromatic rings. The summed E-state index contributed by atoms with van der Waals surface area (Å²) < 4.78 is 0. The molecule has 0 aromatic carbocycles. The molecule has 1 rings (SSSR count). The lowest BCUT2D eigenvalue weighted by Crippen LogP contribution is -2.44. The minimum absolute atomic E-state index is 0.687. The lowest BCUT2D eigenvalue weighted by molar-refractivity contribution is 0.155. The third kappa shape index (κ3) is 5.43. The van der Waals surface area contributed by atoms with Crippen molar-refractivity contribution in [1.82, 2.24) is 10.2 Å². The molecular weight excluding hydrogens is 232 g/mol. The predicted molar refractivity (Wildman–Crippen MR) is 85.5 cm³/mol. The van der Waals surface area contributed by atoms with Crippen molar-refractivity contribution in [1.29, 1.82) is 0 Å². The Bertz CT molecular complexity index is 229. The van der Waals surface area contributed by atoms with Gasteiger partial charge in [0.15, 0.2) is 0 Å². The van der Waals surface area contributed by atoms with Gasteiger partial charge >= 0.3 is 0 Å². The van der Waals surface area contributed by atoms with Crippen LogP contribution in [0, 0.1) is 23.7 Å². The van der Waals surface area contributed by atoms with Gasteiger partial charge in [-0.1, -0.05) is 48.0 Å². The Kier molecular flexibility index (Phi) is 7.38. The van der Waals surface area contributed by atoms with E-state index in [1.165, 1.54) is 39.0 Å². The van der Waals surface area contributed by atoms with E-state index in [2.05, 4.69) is 51.8 Å². The first kappa shape index (κ1) is 17.0. The Labute approximate surface area is 121 Å². The van der Waals surface area contributed by atoms with Crippen LogP contribution >= 0.6 is 0 Å². The summed E-state index contributed by atoms with van der Waals surface area (Å²) in [5, 5.41) is 3.75. The van der Waals surface area contributed by atoms with Crippen LogP contribution in [0.15, 0.2) is 0 Å². The van der Waals surface area contributed by atoms with Gasteiger partial charge in [-0.05, 0) is 43.2 Å². The fourth-order valence-corrected chi connectivity index (χ4v) is 3.35. The van der Waals surface area contributed by atoms with Gasteiger partial charge in [-0.15, -0.1) is 0 Å². The van der Waals surface area contributed by atoms with E-state index >= 15 is 0 Å². The summed E-state index contributed by atoms with van der Waals surface area (Å²) in [7, 11) is 0. The summed E-state index contributed by atoms with van der Waals surface area (Å²) in [5.74, 6) is 3.20. The van der Waals surface area contributed by atoms with E-state index in [4.69, 9.17) is 0 Å². The summed E-state index contributed by atoms with van der Waals surface area (Å²) in [6, 6.07) is 0.687. The highest BCUT2D eigenvalue weighted by molar-refractivity contribution is 4.82. The van der Waals surface area contributed by atoms with Crippen LogP contribution in [0.2, 0.25) is 0 Å².